The van der Waals surface area contributed by atoms with Crippen LogP contribution >= 0.6 is 11.6 Å². The lowest BCUT2D eigenvalue weighted by molar-refractivity contribution is -0.00182. The summed E-state index contributed by atoms with van der Waals surface area (Å²) in [4.78, 5) is 0.123. The highest BCUT2D eigenvalue weighted by Gasteiger charge is 2.33. The van der Waals surface area contributed by atoms with Crippen molar-refractivity contribution in [2.75, 3.05) is 6.54 Å². The Kier molecular flexibility index (Phi) is 4.74. The summed E-state index contributed by atoms with van der Waals surface area (Å²) in [5.41, 5.74) is -0.932. The lowest BCUT2D eigenvalue weighted by atomic mass is 9.80. The highest BCUT2D eigenvalue weighted by molar-refractivity contribution is 7.89. The van der Waals surface area contributed by atoms with Crippen LogP contribution in [-0.2, 0) is 10.0 Å². The Balaban J connectivity index is 2.03. The van der Waals surface area contributed by atoms with Crippen molar-refractivity contribution in [1.82, 2.24) is 4.72 Å². The average molecular weight is 318 g/mol. The molecule has 112 valence electrons. The fourth-order valence-electron chi connectivity index (χ4n) is 2.42. The third-order valence-electron chi connectivity index (χ3n) is 3.90. The quantitative estimate of drug-likeness (QED) is 0.897. The molecule has 0 heterocycles. The maximum absolute atomic E-state index is 12.2. The molecule has 0 spiro atoms. The molecule has 2 rings (SSSR count). The van der Waals surface area contributed by atoms with Gasteiger partial charge in [0.1, 0.15) is 0 Å². The summed E-state index contributed by atoms with van der Waals surface area (Å²) in [5.74, 6) is 0.597. The zero-order chi connectivity index (χ0) is 14.8. The van der Waals surface area contributed by atoms with E-state index in [4.69, 9.17) is 11.6 Å². The Morgan fingerprint density at radius 1 is 1.40 bits per heavy atom. The number of hydrogen-bond donors (Lipinski definition) is 2. The van der Waals surface area contributed by atoms with Crippen molar-refractivity contribution in [1.29, 1.82) is 0 Å². The molecule has 0 unspecified atom stereocenters. The number of benzene rings is 1. The Morgan fingerprint density at radius 3 is 2.65 bits per heavy atom. The molecule has 0 atom stereocenters. The van der Waals surface area contributed by atoms with E-state index in [0.29, 0.717) is 23.8 Å². The second-order valence-corrected chi connectivity index (χ2v) is 7.89. The van der Waals surface area contributed by atoms with Gasteiger partial charge >= 0.3 is 0 Å². The SMILES string of the molecule is CC1CCC(O)(CNS(=O)(=O)c2cccc(Cl)c2)CC1. The van der Waals surface area contributed by atoms with E-state index in [-0.39, 0.29) is 11.4 Å². The van der Waals surface area contributed by atoms with Crippen molar-refractivity contribution in [3.63, 3.8) is 0 Å². The molecular formula is C14H20ClNO3S. The molecule has 2 N–H and O–H groups in total. The number of nitrogens with one attached hydrogen (secondary N) is 1. The van der Waals surface area contributed by atoms with Gasteiger partial charge in [-0.15, -0.1) is 0 Å². The summed E-state index contributed by atoms with van der Waals surface area (Å²) < 4.78 is 26.8. The minimum Gasteiger partial charge on any atom is -0.389 e. The lowest BCUT2D eigenvalue weighted by Gasteiger charge is -2.34. The van der Waals surface area contributed by atoms with Crippen LogP contribution in [0, 0.1) is 5.92 Å². The van der Waals surface area contributed by atoms with Crippen molar-refractivity contribution in [2.45, 2.75) is 43.1 Å². The summed E-state index contributed by atoms with van der Waals surface area (Å²) in [7, 11) is -3.63. The fourth-order valence-corrected chi connectivity index (χ4v) is 3.84. The molecule has 1 saturated carbocycles. The zero-order valence-electron chi connectivity index (χ0n) is 11.5. The van der Waals surface area contributed by atoms with Gasteiger partial charge in [0.15, 0.2) is 0 Å². The van der Waals surface area contributed by atoms with Crippen LogP contribution in [-0.4, -0.2) is 25.7 Å². The summed E-state index contributed by atoms with van der Waals surface area (Å²) in [6.07, 6.45) is 3.11. The van der Waals surface area contributed by atoms with E-state index in [0.717, 1.165) is 12.8 Å². The number of aliphatic hydroxyl groups is 1. The zero-order valence-corrected chi connectivity index (χ0v) is 13.0. The summed E-state index contributed by atoms with van der Waals surface area (Å²) in [6.45, 7) is 2.20. The molecule has 0 bridgehead atoms. The van der Waals surface area contributed by atoms with E-state index in [2.05, 4.69) is 11.6 Å². The summed E-state index contributed by atoms with van der Waals surface area (Å²) in [6, 6.07) is 6.10. The third kappa shape index (κ3) is 3.95. The van der Waals surface area contributed by atoms with Crippen molar-refractivity contribution >= 4 is 21.6 Å². The monoisotopic (exact) mass is 317 g/mol. The molecule has 6 heteroatoms. The van der Waals surface area contributed by atoms with Crippen LogP contribution in [0.3, 0.4) is 0 Å². The average Bonchev–Trinajstić information content (AvgIpc) is 2.41. The second-order valence-electron chi connectivity index (χ2n) is 5.69. The second kappa shape index (κ2) is 6.02. The van der Waals surface area contributed by atoms with Gasteiger partial charge in [-0.1, -0.05) is 24.6 Å². The molecular weight excluding hydrogens is 298 g/mol. The molecule has 0 saturated heterocycles. The van der Waals surface area contributed by atoms with Gasteiger partial charge in [-0.25, -0.2) is 13.1 Å². The molecule has 0 aliphatic heterocycles. The smallest absolute Gasteiger partial charge is 0.240 e. The van der Waals surface area contributed by atoms with E-state index >= 15 is 0 Å². The molecule has 4 nitrogen and oxygen atoms in total. The topological polar surface area (TPSA) is 66.4 Å². The predicted octanol–water partition coefficient (Wildman–Crippen LogP) is 2.56. The van der Waals surface area contributed by atoms with Crippen LogP contribution in [0.5, 0.6) is 0 Å². The molecule has 20 heavy (non-hydrogen) atoms. The number of sulfonamides is 1. The molecule has 1 aromatic carbocycles. The molecule has 1 aliphatic carbocycles. The van der Waals surface area contributed by atoms with Crippen molar-refractivity contribution < 1.29 is 13.5 Å². The van der Waals surface area contributed by atoms with Crippen molar-refractivity contribution in [3.8, 4) is 0 Å². The first-order valence-corrected chi connectivity index (χ1v) is 8.64. The number of rotatable bonds is 4. The van der Waals surface area contributed by atoms with E-state index in [1.807, 2.05) is 0 Å². The first kappa shape index (κ1) is 15.8. The normalized spacial score (nSPS) is 27.4. The largest absolute Gasteiger partial charge is 0.389 e. The number of halogens is 1. The van der Waals surface area contributed by atoms with Crippen LogP contribution < -0.4 is 4.72 Å². The van der Waals surface area contributed by atoms with Crippen LogP contribution in [0.15, 0.2) is 29.2 Å². The minimum atomic E-state index is -3.63. The van der Waals surface area contributed by atoms with Gasteiger partial charge in [0.05, 0.1) is 10.5 Å². The van der Waals surface area contributed by atoms with E-state index in [1.54, 1.807) is 12.1 Å². The molecule has 1 fully saturated rings. The van der Waals surface area contributed by atoms with Crippen LogP contribution in [0.25, 0.3) is 0 Å². The Bertz CT molecular complexity index is 566. The van der Waals surface area contributed by atoms with Crippen molar-refractivity contribution in [3.05, 3.63) is 29.3 Å². The van der Waals surface area contributed by atoms with E-state index in [1.165, 1.54) is 12.1 Å². The fraction of sp³-hybridized carbons (Fsp3) is 0.571. The van der Waals surface area contributed by atoms with E-state index < -0.39 is 15.6 Å². The van der Waals surface area contributed by atoms with E-state index in [9.17, 15) is 13.5 Å². The van der Waals surface area contributed by atoms with Gasteiger partial charge < -0.3 is 5.11 Å². The molecule has 1 aliphatic rings. The molecule has 1 aromatic rings. The van der Waals surface area contributed by atoms with Gasteiger partial charge in [-0.3, -0.25) is 0 Å². The molecule has 0 aromatic heterocycles. The standard InChI is InChI=1S/C14H20ClNO3S/c1-11-5-7-14(17,8-6-11)10-16-20(18,19)13-4-2-3-12(15)9-13/h2-4,9,11,16-17H,5-8,10H2,1H3. The maximum Gasteiger partial charge on any atom is 0.240 e. The lowest BCUT2D eigenvalue weighted by Crippen LogP contribution is -2.45. The summed E-state index contributed by atoms with van der Waals surface area (Å²) >= 11 is 5.80. The highest BCUT2D eigenvalue weighted by atomic mass is 35.5. The maximum atomic E-state index is 12.2. The van der Waals surface area contributed by atoms with Gasteiger partial charge in [-0.05, 0) is 49.8 Å². The first-order valence-electron chi connectivity index (χ1n) is 6.78. The molecule has 0 radical (unpaired) electrons. The summed E-state index contributed by atoms with van der Waals surface area (Å²) in [5, 5.41) is 10.8. The Hall–Kier alpha value is -0.620. The van der Waals surface area contributed by atoms with Crippen molar-refractivity contribution in [2.24, 2.45) is 5.92 Å². The van der Waals surface area contributed by atoms with Gasteiger partial charge in [0, 0.05) is 11.6 Å². The first-order chi connectivity index (χ1) is 9.31. The van der Waals surface area contributed by atoms with Gasteiger partial charge in [-0.2, -0.15) is 0 Å². The van der Waals surface area contributed by atoms with Gasteiger partial charge in [0.2, 0.25) is 10.0 Å². The molecule has 0 amide bonds. The number of hydrogen-bond acceptors (Lipinski definition) is 3. The Labute approximate surface area is 125 Å². The van der Waals surface area contributed by atoms with Crippen LogP contribution in [0.2, 0.25) is 5.02 Å². The third-order valence-corrected chi connectivity index (χ3v) is 5.54. The minimum absolute atomic E-state index is 0.0502. The van der Waals surface area contributed by atoms with Crippen LogP contribution in [0.4, 0.5) is 0 Å². The Morgan fingerprint density at radius 2 is 2.05 bits per heavy atom. The van der Waals surface area contributed by atoms with Gasteiger partial charge in [0.25, 0.3) is 0 Å². The highest BCUT2D eigenvalue weighted by Crippen LogP contribution is 2.31. The van der Waals surface area contributed by atoms with Crippen LogP contribution in [0.1, 0.15) is 32.6 Å². The predicted molar refractivity (Wildman–Crippen MR) is 79.2 cm³/mol.